The average molecular weight is 335 g/mol. The van der Waals surface area contributed by atoms with E-state index in [4.69, 9.17) is 4.74 Å². The highest BCUT2D eigenvalue weighted by Gasteiger charge is 2.12. The van der Waals surface area contributed by atoms with Gasteiger partial charge < -0.3 is 15.4 Å². The van der Waals surface area contributed by atoms with E-state index in [-0.39, 0.29) is 11.9 Å². The van der Waals surface area contributed by atoms with Crippen molar-refractivity contribution in [2.45, 2.75) is 26.4 Å². The quantitative estimate of drug-likeness (QED) is 0.750. The Labute approximate surface area is 120 Å². The van der Waals surface area contributed by atoms with Gasteiger partial charge in [-0.1, -0.05) is 0 Å². The van der Waals surface area contributed by atoms with Gasteiger partial charge in [-0.25, -0.2) is 0 Å². The Kier molecular flexibility index (Phi) is 6.85. The molecule has 0 aliphatic carbocycles. The third-order valence-corrected chi connectivity index (χ3v) is 4.63. The number of ether oxygens (including phenoxy) is 1. The van der Waals surface area contributed by atoms with Gasteiger partial charge in [0.05, 0.1) is 12.6 Å². The lowest BCUT2D eigenvalue weighted by atomic mass is 10.3. The molecule has 102 valence electrons. The predicted molar refractivity (Wildman–Crippen MR) is 77.9 cm³/mol. The molecule has 0 saturated heterocycles. The lowest BCUT2D eigenvalue weighted by molar-refractivity contribution is -0.122. The van der Waals surface area contributed by atoms with E-state index in [1.807, 2.05) is 6.92 Å². The van der Waals surface area contributed by atoms with Gasteiger partial charge in [-0.3, -0.25) is 4.79 Å². The van der Waals surface area contributed by atoms with Crippen LogP contribution in [0.1, 0.15) is 16.7 Å². The molecule has 4 nitrogen and oxygen atoms in total. The second-order valence-electron chi connectivity index (χ2n) is 4.00. The third kappa shape index (κ3) is 5.06. The summed E-state index contributed by atoms with van der Waals surface area (Å²) in [6.45, 7) is 5.72. The molecule has 0 saturated carbocycles. The lowest BCUT2D eigenvalue weighted by Gasteiger charge is -2.13. The zero-order chi connectivity index (χ0) is 13.5. The first kappa shape index (κ1) is 15.6. The number of rotatable bonds is 7. The van der Waals surface area contributed by atoms with Crippen molar-refractivity contribution in [1.82, 2.24) is 10.6 Å². The number of thiophene rings is 1. The van der Waals surface area contributed by atoms with Crippen molar-refractivity contribution in [3.63, 3.8) is 0 Å². The molecule has 1 aromatic rings. The number of amides is 1. The van der Waals surface area contributed by atoms with Gasteiger partial charge in [0.15, 0.2) is 0 Å². The van der Waals surface area contributed by atoms with E-state index in [1.54, 1.807) is 18.4 Å². The van der Waals surface area contributed by atoms with E-state index in [1.165, 1.54) is 9.75 Å². The highest BCUT2D eigenvalue weighted by atomic mass is 79.9. The first-order valence-electron chi connectivity index (χ1n) is 5.79. The zero-order valence-corrected chi connectivity index (χ0v) is 13.3. The smallest absolute Gasteiger partial charge is 0.236 e. The maximum atomic E-state index is 11.7. The van der Waals surface area contributed by atoms with Crippen LogP contribution in [0.2, 0.25) is 0 Å². The number of hydrogen-bond acceptors (Lipinski definition) is 4. The molecular weight excluding hydrogens is 316 g/mol. The zero-order valence-electron chi connectivity index (χ0n) is 10.9. The Bertz CT molecular complexity index is 376. The van der Waals surface area contributed by atoms with Crippen LogP contribution in [-0.2, 0) is 16.1 Å². The Morgan fingerprint density at radius 3 is 2.89 bits per heavy atom. The summed E-state index contributed by atoms with van der Waals surface area (Å²) < 4.78 is 6.00. The maximum absolute atomic E-state index is 11.7. The standard InChI is InChI=1S/C12H19BrN2O2S/c1-8(12(16)14-4-5-17-3)15-7-10-6-11(13)9(2)18-10/h6,8,15H,4-5,7H2,1-3H3,(H,14,16). The summed E-state index contributed by atoms with van der Waals surface area (Å²) in [6, 6.07) is 1.88. The van der Waals surface area contributed by atoms with Crippen molar-refractivity contribution < 1.29 is 9.53 Å². The first-order chi connectivity index (χ1) is 8.54. The summed E-state index contributed by atoms with van der Waals surface area (Å²) in [5.74, 6) is -0.000561. The van der Waals surface area contributed by atoms with Gasteiger partial charge in [-0.2, -0.15) is 0 Å². The van der Waals surface area contributed by atoms with Crippen molar-refractivity contribution in [3.8, 4) is 0 Å². The first-order valence-corrected chi connectivity index (χ1v) is 7.40. The largest absolute Gasteiger partial charge is 0.383 e. The van der Waals surface area contributed by atoms with Crippen molar-refractivity contribution in [2.75, 3.05) is 20.3 Å². The highest BCUT2D eigenvalue weighted by molar-refractivity contribution is 9.10. The minimum atomic E-state index is -0.206. The fraction of sp³-hybridized carbons (Fsp3) is 0.583. The van der Waals surface area contributed by atoms with Crippen LogP contribution in [0, 0.1) is 6.92 Å². The van der Waals surface area contributed by atoms with Crippen LogP contribution in [0.15, 0.2) is 10.5 Å². The summed E-state index contributed by atoms with van der Waals surface area (Å²) in [5, 5.41) is 6.01. The van der Waals surface area contributed by atoms with Crippen LogP contribution >= 0.6 is 27.3 Å². The molecule has 1 atom stereocenters. The van der Waals surface area contributed by atoms with Crippen LogP contribution in [0.4, 0.5) is 0 Å². The summed E-state index contributed by atoms with van der Waals surface area (Å²) in [6.07, 6.45) is 0. The summed E-state index contributed by atoms with van der Waals surface area (Å²) in [4.78, 5) is 14.1. The van der Waals surface area contributed by atoms with Crippen molar-refractivity contribution >= 4 is 33.2 Å². The lowest BCUT2D eigenvalue weighted by Crippen LogP contribution is -2.42. The van der Waals surface area contributed by atoms with Gasteiger partial charge in [-0.05, 0) is 35.8 Å². The van der Waals surface area contributed by atoms with E-state index >= 15 is 0 Å². The van der Waals surface area contributed by atoms with E-state index in [0.29, 0.717) is 19.7 Å². The highest BCUT2D eigenvalue weighted by Crippen LogP contribution is 2.26. The van der Waals surface area contributed by atoms with Crippen LogP contribution < -0.4 is 10.6 Å². The average Bonchev–Trinajstić information content (AvgIpc) is 2.66. The summed E-state index contributed by atoms with van der Waals surface area (Å²) >= 11 is 5.21. The molecule has 0 radical (unpaired) electrons. The molecule has 1 unspecified atom stereocenters. The van der Waals surface area contributed by atoms with Crippen LogP contribution in [0.25, 0.3) is 0 Å². The SMILES string of the molecule is COCCNC(=O)C(C)NCc1cc(Br)c(C)s1. The normalized spacial score (nSPS) is 12.4. The van der Waals surface area contributed by atoms with Crippen LogP contribution in [0.5, 0.6) is 0 Å². The number of aryl methyl sites for hydroxylation is 1. The Morgan fingerprint density at radius 2 is 2.33 bits per heavy atom. The molecule has 1 heterocycles. The number of hydrogen-bond donors (Lipinski definition) is 2. The van der Waals surface area contributed by atoms with Gasteiger partial charge in [0.1, 0.15) is 0 Å². The summed E-state index contributed by atoms with van der Waals surface area (Å²) in [5.41, 5.74) is 0. The molecule has 0 bridgehead atoms. The number of halogens is 1. The van der Waals surface area contributed by atoms with Crippen molar-refractivity contribution in [3.05, 3.63) is 20.3 Å². The second kappa shape index (κ2) is 7.89. The molecule has 18 heavy (non-hydrogen) atoms. The fourth-order valence-corrected chi connectivity index (χ4v) is 2.93. The molecule has 0 aliphatic heterocycles. The van der Waals surface area contributed by atoms with E-state index in [2.05, 4.69) is 39.6 Å². The molecule has 0 aliphatic rings. The van der Waals surface area contributed by atoms with E-state index in [0.717, 1.165) is 4.47 Å². The minimum absolute atomic E-state index is 0.000561. The predicted octanol–water partition coefficient (Wildman–Crippen LogP) is 2.06. The Hall–Kier alpha value is -0.430. The number of methoxy groups -OCH3 is 1. The molecule has 2 N–H and O–H groups in total. The molecule has 0 fully saturated rings. The maximum Gasteiger partial charge on any atom is 0.236 e. The van der Waals surface area contributed by atoms with Crippen molar-refractivity contribution in [2.24, 2.45) is 0 Å². The van der Waals surface area contributed by atoms with Gasteiger partial charge in [0.2, 0.25) is 5.91 Å². The fourth-order valence-electron chi connectivity index (χ4n) is 1.38. The van der Waals surface area contributed by atoms with Crippen molar-refractivity contribution in [1.29, 1.82) is 0 Å². The number of carbonyl (C=O) groups is 1. The van der Waals surface area contributed by atoms with Crippen LogP contribution in [0.3, 0.4) is 0 Å². The van der Waals surface area contributed by atoms with E-state index < -0.39 is 0 Å². The topological polar surface area (TPSA) is 50.4 Å². The monoisotopic (exact) mass is 334 g/mol. The van der Waals surface area contributed by atoms with Gasteiger partial charge in [-0.15, -0.1) is 11.3 Å². The molecule has 1 amide bonds. The molecule has 6 heteroatoms. The minimum Gasteiger partial charge on any atom is -0.383 e. The molecule has 1 aromatic heterocycles. The Balaban J connectivity index is 2.31. The number of carbonyl (C=O) groups excluding carboxylic acids is 1. The van der Waals surface area contributed by atoms with Gasteiger partial charge >= 0.3 is 0 Å². The van der Waals surface area contributed by atoms with Crippen LogP contribution in [-0.4, -0.2) is 32.2 Å². The van der Waals surface area contributed by atoms with Gasteiger partial charge in [0, 0.05) is 34.4 Å². The molecule has 0 spiro atoms. The van der Waals surface area contributed by atoms with E-state index in [9.17, 15) is 4.79 Å². The number of nitrogens with one attached hydrogen (secondary N) is 2. The molecule has 1 rings (SSSR count). The molecular formula is C12H19BrN2O2S. The molecule has 0 aromatic carbocycles. The second-order valence-corrected chi connectivity index (χ2v) is 6.20. The summed E-state index contributed by atoms with van der Waals surface area (Å²) in [7, 11) is 1.62. The Morgan fingerprint density at radius 1 is 1.61 bits per heavy atom. The van der Waals surface area contributed by atoms with Gasteiger partial charge in [0.25, 0.3) is 0 Å². The third-order valence-electron chi connectivity index (χ3n) is 2.49.